The van der Waals surface area contributed by atoms with E-state index >= 15 is 0 Å². The van der Waals surface area contributed by atoms with E-state index in [4.69, 9.17) is 0 Å². The van der Waals surface area contributed by atoms with Crippen LogP contribution in [0.15, 0.2) is 35.7 Å². The summed E-state index contributed by atoms with van der Waals surface area (Å²) in [6, 6.07) is 9.43. The number of carbonyl (C=O) groups is 2. The monoisotopic (exact) mass is 344 g/mol. The Labute approximate surface area is 145 Å². The van der Waals surface area contributed by atoms with E-state index in [9.17, 15) is 14.7 Å². The number of aryl methyl sites for hydroxylation is 2. The number of hydrogen-bond acceptors (Lipinski definition) is 4. The highest BCUT2D eigenvalue weighted by atomic mass is 32.1. The quantitative estimate of drug-likeness (QED) is 0.905. The van der Waals surface area contributed by atoms with Crippen LogP contribution in [-0.2, 0) is 17.6 Å². The molecule has 126 valence electrons. The predicted molar refractivity (Wildman–Crippen MR) is 92.3 cm³/mol. The third-order valence-electron chi connectivity index (χ3n) is 4.29. The number of carboxylic acids is 1. The van der Waals surface area contributed by atoms with Crippen molar-refractivity contribution < 1.29 is 14.7 Å². The third kappa shape index (κ3) is 3.82. The Hall–Kier alpha value is -2.21. The molecule has 1 amide bonds. The lowest BCUT2D eigenvalue weighted by atomic mass is 10.0. The normalized spacial score (nSPS) is 17.7. The molecular weight excluding hydrogens is 324 g/mol. The summed E-state index contributed by atoms with van der Waals surface area (Å²) < 4.78 is 0. The minimum absolute atomic E-state index is 0.260. The molecule has 3 rings (SSSR count). The molecule has 1 aromatic carbocycles. The highest BCUT2D eigenvalue weighted by Gasteiger charge is 2.33. The van der Waals surface area contributed by atoms with Crippen LogP contribution < -0.4 is 0 Å². The highest BCUT2D eigenvalue weighted by molar-refractivity contribution is 7.09. The van der Waals surface area contributed by atoms with Crippen LogP contribution in [0.5, 0.6) is 0 Å². The maximum atomic E-state index is 12.6. The molecular formula is C18H20N2O3S. The minimum atomic E-state index is -0.928. The van der Waals surface area contributed by atoms with Crippen LogP contribution >= 0.6 is 11.3 Å². The van der Waals surface area contributed by atoms with E-state index in [1.165, 1.54) is 21.8 Å². The summed E-state index contributed by atoms with van der Waals surface area (Å²) >= 11 is 1.46. The fourth-order valence-electron chi connectivity index (χ4n) is 3.00. The second-order valence-corrected chi connectivity index (χ2v) is 6.90. The highest BCUT2D eigenvalue weighted by Crippen LogP contribution is 2.21. The maximum absolute atomic E-state index is 12.6. The van der Waals surface area contributed by atoms with Gasteiger partial charge in [-0.25, -0.2) is 9.78 Å². The van der Waals surface area contributed by atoms with E-state index in [0.717, 1.165) is 30.7 Å². The van der Waals surface area contributed by atoms with Crippen molar-refractivity contribution in [3.05, 3.63) is 52.0 Å². The van der Waals surface area contributed by atoms with Crippen LogP contribution in [0.3, 0.4) is 0 Å². The Kier molecular flexibility index (Phi) is 5.25. The number of aromatic nitrogens is 1. The Balaban J connectivity index is 1.65. The Morgan fingerprint density at radius 1 is 1.21 bits per heavy atom. The molecule has 1 fully saturated rings. The predicted octanol–water partition coefficient (Wildman–Crippen LogP) is 3.01. The van der Waals surface area contributed by atoms with Crippen molar-refractivity contribution in [3.63, 3.8) is 0 Å². The first kappa shape index (κ1) is 16.6. The van der Waals surface area contributed by atoms with Gasteiger partial charge in [-0.1, -0.05) is 30.3 Å². The molecule has 1 aliphatic heterocycles. The molecule has 0 bridgehead atoms. The van der Waals surface area contributed by atoms with Gasteiger partial charge in [-0.15, -0.1) is 11.3 Å². The van der Waals surface area contributed by atoms with Gasteiger partial charge in [0.05, 0.1) is 5.01 Å². The van der Waals surface area contributed by atoms with Gasteiger partial charge in [0.25, 0.3) is 5.91 Å². The lowest BCUT2D eigenvalue weighted by Gasteiger charge is -2.32. The topological polar surface area (TPSA) is 70.5 Å². The van der Waals surface area contributed by atoms with E-state index in [-0.39, 0.29) is 5.91 Å². The fourth-order valence-corrected chi connectivity index (χ4v) is 3.77. The van der Waals surface area contributed by atoms with E-state index in [1.54, 1.807) is 5.38 Å². The van der Waals surface area contributed by atoms with Gasteiger partial charge in [0.15, 0.2) is 0 Å². The molecule has 1 atom stereocenters. The summed E-state index contributed by atoms with van der Waals surface area (Å²) in [6.07, 6.45) is 3.88. The maximum Gasteiger partial charge on any atom is 0.326 e. The summed E-state index contributed by atoms with van der Waals surface area (Å²) in [4.78, 5) is 29.9. The number of likely N-dealkylation sites (tertiary alicyclic amines) is 1. The van der Waals surface area contributed by atoms with Gasteiger partial charge < -0.3 is 10.0 Å². The number of hydrogen-bond donors (Lipinski definition) is 1. The molecule has 6 heteroatoms. The number of thiazole rings is 1. The molecule has 0 unspecified atom stereocenters. The zero-order valence-electron chi connectivity index (χ0n) is 13.4. The number of nitrogens with zero attached hydrogens (tertiary/aromatic N) is 2. The Morgan fingerprint density at radius 3 is 2.75 bits per heavy atom. The van der Waals surface area contributed by atoms with Crippen molar-refractivity contribution in [1.82, 2.24) is 9.88 Å². The van der Waals surface area contributed by atoms with E-state index < -0.39 is 12.0 Å². The smallest absolute Gasteiger partial charge is 0.326 e. The van der Waals surface area contributed by atoms with Crippen molar-refractivity contribution in [3.8, 4) is 0 Å². The lowest BCUT2D eigenvalue weighted by molar-refractivity contribution is -0.143. The molecule has 0 saturated carbocycles. The molecule has 1 N–H and O–H groups in total. The molecule has 1 aliphatic rings. The van der Waals surface area contributed by atoms with Gasteiger partial charge in [-0.3, -0.25) is 4.79 Å². The van der Waals surface area contributed by atoms with Crippen LogP contribution in [-0.4, -0.2) is 39.5 Å². The number of carbonyl (C=O) groups excluding carboxylic acids is 1. The van der Waals surface area contributed by atoms with Crippen molar-refractivity contribution in [1.29, 1.82) is 0 Å². The molecule has 1 aromatic heterocycles. The van der Waals surface area contributed by atoms with Crippen LogP contribution in [0, 0.1) is 0 Å². The van der Waals surface area contributed by atoms with Crippen LogP contribution in [0.2, 0.25) is 0 Å². The van der Waals surface area contributed by atoms with E-state index in [0.29, 0.717) is 18.7 Å². The van der Waals surface area contributed by atoms with Crippen LogP contribution in [0.4, 0.5) is 0 Å². The van der Waals surface area contributed by atoms with Gasteiger partial charge in [0.2, 0.25) is 0 Å². The summed E-state index contributed by atoms with van der Waals surface area (Å²) in [5.74, 6) is -1.19. The molecule has 0 radical (unpaired) electrons. The molecule has 1 saturated heterocycles. The van der Waals surface area contributed by atoms with Crippen molar-refractivity contribution >= 4 is 23.2 Å². The number of benzene rings is 1. The third-order valence-corrected chi connectivity index (χ3v) is 5.20. The summed E-state index contributed by atoms with van der Waals surface area (Å²) in [5.41, 5.74) is 1.61. The van der Waals surface area contributed by atoms with Crippen molar-refractivity contribution in [2.24, 2.45) is 0 Å². The lowest BCUT2D eigenvalue weighted by Crippen LogP contribution is -2.48. The molecule has 2 heterocycles. The van der Waals surface area contributed by atoms with Gasteiger partial charge in [0.1, 0.15) is 11.7 Å². The SMILES string of the molecule is O=C(O)[C@H]1CCCCN1C(=O)c1csc(CCc2ccccc2)n1. The van der Waals surface area contributed by atoms with Crippen molar-refractivity contribution in [2.75, 3.05) is 6.54 Å². The van der Waals surface area contributed by atoms with Crippen molar-refractivity contribution in [2.45, 2.75) is 38.1 Å². The fraction of sp³-hybridized carbons (Fsp3) is 0.389. The van der Waals surface area contributed by atoms with Crippen LogP contribution in [0.25, 0.3) is 0 Å². The number of amides is 1. The Bertz CT molecular complexity index is 714. The number of aliphatic carboxylic acids is 1. The average Bonchev–Trinajstić information content (AvgIpc) is 3.09. The molecule has 0 aliphatic carbocycles. The average molecular weight is 344 g/mol. The zero-order valence-corrected chi connectivity index (χ0v) is 14.2. The zero-order chi connectivity index (χ0) is 16.9. The molecule has 5 nitrogen and oxygen atoms in total. The first-order valence-corrected chi connectivity index (χ1v) is 9.05. The summed E-state index contributed by atoms with van der Waals surface area (Å²) in [7, 11) is 0. The molecule has 0 spiro atoms. The number of carboxylic acid groups (broad SMARTS) is 1. The number of piperidine rings is 1. The van der Waals surface area contributed by atoms with Crippen LogP contribution in [0.1, 0.15) is 40.3 Å². The first-order valence-electron chi connectivity index (χ1n) is 8.17. The van der Waals surface area contributed by atoms with Gasteiger partial charge in [0, 0.05) is 18.3 Å². The van der Waals surface area contributed by atoms with E-state index in [2.05, 4.69) is 17.1 Å². The summed E-state index contributed by atoms with van der Waals surface area (Å²) in [6.45, 7) is 0.493. The van der Waals surface area contributed by atoms with E-state index in [1.807, 2.05) is 18.2 Å². The standard InChI is InChI=1S/C18H20N2O3S/c21-17(20-11-5-4-8-15(20)18(22)23)14-12-24-16(19-14)10-9-13-6-2-1-3-7-13/h1-3,6-7,12,15H,4-5,8-11H2,(H,22,23)/t15-/m1/s1. The summed E-state index contributed by atoms with van der Waals surface area (Å²) in [5, 5.41) is 12.0. The molecule has 2 aromatic rings. The van der Waals surface area contributed by atoms with Gasteiger partial charge >= 0.3 is 5.97 Å². The largest absolute Gasteiger partial charge is 0.480 e. The molecule has 24 heavy (non-hydrogen) atoms. The van der Waals surface area contributed by atoms with Gasteiger partial charge in [-0.05, 0) is 31.2 Å². The number of rotatable bonds is 5. The Morgan fingerprint density at radius 2 is 2.00 bits per heavy atom. The first-order chi connectivity index (χ1) is 11.6. The second-order valence-electron chi connectivity index (χ2n) is 5.96. The second kappa shape index (κ2) is 7.57. The van der Waals surface area contributed by atoms with Gasteiger partial charge in [-0.2, -0.15) is 0 Å². The minimum Gasteiger partial charge on any atom is -0.480 e.